The number of carbonyl (C=O) groups is 2. The number of halogens is 3. The van der Waals surface area contributed by atoms with Crippen LogP contribution in [0.2, 0.25) is 10.0 Å². The molecule has 0 aromatic heterocycles. The molecule has 8 heteroatoms. The van der Waals surface area contributed by atoms with Crippen LogP contribution in [0, 0.1) is 10.8 Å². The van der Waals surface area contributed by atoms with E-state index in [1.807, 2.05) is 18.2 Å². The van der Waals surface area contributed by atoms with Gasteiger partial charge < -0.3 is 14.4 Å². The monoisotopic (exact) mass is 713 g/mol. The van der Waals surface area contributed by atoms with Crippen molar-refractivity contribution in [2.75, 3.05) is 7.11 Å². The molecule has 1 aliphatic heterocycles. The third-order valence-electron chi connectivity index (χ3n) is 9.86. The number of carbonyl (C=O) groups excluding carboxylic acids is 2. The topological polar surface area (TPSA) is 55.8 Å². The molecule has 0 amide bonds. The van der Waals surface area contributed by atoms with Gasteiger partial charge >= 0.3 is 0 Å². The molecule has 2 aromatic carbocycles. The van der Waals surface area contributed by atoms with Gasteiger partial charge in [-0.1, -0.05) is 76.2 Å². The SMILES string of the molecule is COc1cc(C2C3=C(CC(C)(C)CC3=O)N(C3CCCCC3)C3=C2C(=O)CC(C)(C)C3)cc(Br)c1OCc1ccc(Cl)cc1Cl. The maximum atomic E-state index is 14.3. The second-order valence-corrected chi connectivity index (χ2v) is 16.5. The van der Waals surface area contributed by atoms with Crippen LogP contribution in [0.4, 0.5) is 0 Å². The van der Waals surface area contributed by atoms with E-state index in [1.165, 1.54) is 19.3 Å². The van der Waals surface area contributed by atoms with Crippen molar-refractivity contribution in [2.45, 2.75) is 104 Å². The van der Waals surface area contributed by atoms with Crippen LogP contribution in [0.3, 0.4) is 0 Å². The summed E-state index contributed by atoms with van der Waals surface area (Å²) in [6.45, 7) is 9.00. The molecule has 4 aliphatic rings. The lowest BCUT2D eigenvalue weighted by Crippen LogP contribution is -2.48. The Morgan fingerprint density at radius 3 is 2.02 bits per heavy atom. The zero-order valence-electron chi connectivity index (χ0n) is 26.8. The molecule has 0 radical (unpaired) electrons. The molecule has 3 aliphatic carbocycles. The number of ketones is 2. The fourth-order valence-electron chi connectivity index (χ4n) is 7.94. The van der Waals surface area contributed by atoms with E-state index in [9.17, 15) is 9.59 Å². The van der Waals surface area contributed by atoms with E-state index < -0.39 is 5.92 Å². The zero-order valence-corrected chi connectivity index (χ0v) is 29.9. The Bertz CT molecular complexity index is 1560. The van der Waals surface area contributed by atoms with Gasteiger partial charge in [0.1, 0.15) is 6.61 Å². The molecule has 0 atom stereocenters. The van der Waals surface area contributed by atoms with Crippen molar-refractivity contribution >= 4 is 50.7 Å². The third kappa shape index (κ3) is 6.36. The molecule has 0 spiro atoms. The minimum atomic E-state index is -0.452. The largest absolute Gasteiger partial charge is 0.493 e. The first-order valence-electron chi connectivity index (χ1n) is 16.0. The van der Waals surface area contributed by atoms with Crippen molar-refractivity contribution in [3.05, 3.63) is 78.5 Å². The molecular formula is C37H42BrCl2NO4. The van der Waals surface area contributed by atoms with Crippen LogP contribution in [0.1, 0.15) is 103 Å². The quantitative estimate of drug-likeness (QED) is 0.298. The maximum absolute atomic E-state index is 14.3. The van der Waals surface area contributed by atoms with E-state index in [4.69, 9.17) is 32.7 Å². The summed E-state index contributed by atoms with van der Waals surface area (Å²) in [4.78, 5) is 31.1. The second-order valence-electron chi connectivity index (χ2n) is 14.8. The highest BCUT2D eigenvalue weighted by atomic mass is 79.9. The molecule has 0 unspecified atom stereocenters. The van der Waals surface area contributed by atoms with Crippen LogP contribution in [-0.4, -0.2) is 29.6 Å². The number of hydrogen-bond donors (Lipinski definition) is 0. The molecule has 45 heavy (non-hydrogen) atoms. The molecule has 0 saturated heterocycles. The van der Waals surface area contributed by atoms with Crippen molar-refractivity contribution < 1.29 is 19.1 Å². The first-order valence-corrected chi connectivity index (χ1v) is 17.6. The third-order valence-corrected chi connectivity index (χ3v) is 11.0. The number of ether oxygens (including phenoxy) is 2. The summed E-state index contributed by atoms with van der Waals surface area (Å²) in [6.07, 6.45) is 8.33. The van der Waals surface area contributed by atoms with Crippen LogP contribution in [0.5, 0.6) is 11.5 Å². The van der Waals surface area contributed by atoms with Crippen LogP contribution >= 0.6 is 39.1 Å². The summed E-state index contributed by atoms with van der Waals surface area (Å²) < 4.78 is 12.8. The van der Waals surface area contributed by atoms with E-state index in [1.54, 1.807) is 19.2 Å². The first-order chi connectivity index (χ1) is 21.3. The van der Waals surface area contributed by atoms with E-state index >= 15 is 0 Å². The highest BCUT2D eigenvalue weighted by Crippen LogP contribution is 2.56. The predicted molar refractivity (Wildman–Crippen MR) is 183 cm³/mol. The van der Waals surface area contributed by atoms with Gasteiger partial charge in [0.2, 0.25) is 0 Å². The standard InChI is InChI=1S/C37H42BrCl2NO4/c1-36(2)16-27-33(29(42)18-36)32(34-28(17-37(3,4)19-30(34)43)41(27)24-9-7-6-8-10-24)22-13-25(38)35(31(14-22)44-5)45-20-21-11-12-23(39)15-26(21)40/h11-15,24,32H,6-10,16-20H2,1-5H3. The molecule has 1 saturated carbocycles. The Morgan fingerprint density at radius 1 is 0.867 bits per heavy atom. The zero-order chi connectivity index (χ0) is 32.3. The van der Waals surface area contributed by atoms with Crippen molar-refractivity contribution in [1.82, 2.24) is 4.90 Å². The number of nitrogens with zero attached hydrogens (tertiary/aromatic N) is 1. The summed E-state index contributed by atoms with van der Waals surface area (Å²) in [5.74, 6) is 0.887. The van der Waals surface area contributed by atoms with Gasteiger partial charge in [-0.15, -0.1) is 0 Å². The summed E-state index contributed by atoms with van der Waals surface area (Å²) in [7, 11) is 1.61. The van der Waals surface area contributed by atoms with Crippen LogP contribution in [0.25, 0.3) is 0 Å². The molecule has 240 valence electrons. The van der Waals surface area contributed by atoms with E-state index in [-0.39, 0.29) is 29.0 Å². The molecule has 2 aromatic rings. The lowest BCUT2D eigenvalue weighted by molar-refractivity contribution is -0.119. The average molecular weight is 716 g/mol. The summed E-state index contributed by atoms with van der Waals surface area (Å²) in [5.41, 5.74) is 5.20. The van der Waals surface area contributed by atoms with Crippen molar-refractivity contribution in [2.24, 2.45) is 10.8 Å². The van der Waals surface area contributed by atoms with Gasteiger partial charge in [0.05, 0.1) is 11.6 Å². The van der Waals surface area contributed by atoms with Gasteiger partial charge in [0, 0.05) is 63.0 Å². The van der Waals surface area contributed by atoms with Gasteiger partial charge in [0.25, 0.3) is 0 Å². The molecule has 1 fully saturated rings. The van der Waals surface area contributed by atoms with Crippen molar-refractivity contribution in [1.29, 1.82) is 0 Å². The Balaban J connectivity index is 1.49. The number of methoxy groups -OCH3 is 1. The van der Waals surface area contributed by atoms with Gasteiger partial charge in [-0.3, -0.25) is 9.59 Å². The fourth-order valence-corrected chi connectivity index (χ4v) is 8.98. The van der Waals surface area contributed by atoms with Crippen molar-refractivity contribution in [3.63, 3.8) is 0 Å². The Hall–Kier alpha value is -2.28. The van der Waals surface area contributed by atoms with Crippen LogP contribution in [-0.2, 0) is 16.2 Å². The molecular weight excluding hydrogens is 673 g/mol. The van der Waals surface area contributed by atoms with Gasteiger partial charge in [-0.05, 0) is 82.3 Å². The van der Waals surface area contributed by atoms with E-state index in [0.717, 1.165) is 59.4 Å². The molecule has 0 N–H and O–H groups in total. The summed E-state index contributed by atoms with van der Waals surface area (Å²) in [5, 5.41) is 1.08. The van der Waals surface area contributed by atoms with Crippen molar-refractivity contribution in [3.8, 4) is 11.5 Å². The molecule has 1 heterocycles. The Labute approximate surface area is 285 Å². The number of Topliss-reactive ketones (excluding diaryl/α,β-unsaturated/α-hetero) is 2. The summed E-state index contributed by atoms with van der Waals surface area (Å²) in [6, 6.07) is 9.57. The predicted octanol–water partition coefficient (Wildman–Crippen LogP) is 10.4. The lowest BCUT2D eigenvalue weighted by Gasteiger charge is -2.52. The average Bonchev–Trinajstić information content (AvgIpc) is 2.95. The fraction of sp³-hybridized carbons (Fsp3) is 0.514. The van der Waals surface area contributed by atoms with Gasteiger partial charge in [-0.2, -0.15) is 0 Å². The highest BCUT2D eigenvalue weighted by Gasteiger charge is 2.50. The maximum Gasteiger partial charge on any atom is 0.175 e. The van der Waals surface area contributed by atoms with Crippen LogP contribution < -0.4 is 9.47 Å². The molecule has 0 bridgehead atoms. The first kappa shape index (κ1) is 32.7. The van der Waals surface area contributed by atoms with Crippen LogP contribution in [0.15, 0.2) is 57.3 Å². The minimum Gasteiger partial charge on any atom is -0.493 e. The number of hydrogen-bond acceptors (Lipinski definition) is 5. The van der Waals surface area contributed by atoms with Gasteiger partial charge in [-0.25, -0.2) is 0 Å². The smallest absolute Gasteiger partial charge is 0.175 e. The lowest BCUT2D eigenvalue weighted by atomic mass is 9.63. The summed E-state index contributed by atoms with van der Waals surface area (Å²) >= 11 is 16.3. The minimum absolute atomic E-state index is 0.143. The van der Waals surface area contributed by atoms with E-state index in [0.29, 0.717) is 44.9 Å². The number of benzene rings is 2. The second kappa shape index (κ2) is 12.4. The highest BCUT2D eigenvalue weighted by molar-refractivity contribution is 9.10. The Kier molecular flexibility index (Phi) is 8.99. The molecule has 5 nitrogen and oxygen atoms in total. The number of allylic oxidation sites excluding steroid dienone is 4. The van der Waals surface area contributed by atoms with Gasteiger partial charge in [0.15, 0.2) is 23.1 Å². The Morgan fingerprint density at radius 2 is 1.47 bits per heavy atom. The number of rotatable bonds is 6. The molecule has 6 rings (SSSR count). The normalized spacial score (nSPS) is 22.0. The van der Waals surface area contributed by atoms with E-state index in [2.05, 4.69) is 48.5 Å².